The Morgan fingerprint density at radius 3 is 1.48 bits per heavy atom. The number of hydrogen-bond donors (Lipinski definition) is 0. The molecule has 0 fully saturated rings. The van der Waals surface area contributed by atoms with Crippen LogP contribution >= 0.6 is 7.26 Å². The highest BCUT2D eigenvalue weighted by Gasteiger charge is 2.44. The summed E-state index contributed by atoms with van der Waals surface area (Å²) in [5.41, 5.74) is 1.33. The van der Waals surface area contributed by atoms with Gasteiger partial charge >= 0.3 is 0 Å². The monoisotopic (exact) mass is 475 g/mol. The first-order valence-electron chi connectivity index (χ1n) is 12.0. The van der Waals surface area contributed by atoms with Crippen LogP contribution in [-0.4, -0.2) is 20.6 Å². The van der Waals surface area contributed by atoms with E-state index in [0.717, 1.165) is 6.16 Å². The van der Waals surface area contributed by atoms with Crippen LogP contribution in [0.25, 0.3) is 0 Å². The Hall–Kier alpha value is -1.99. The maximum atomic E-state index is 6.73. The summed E-state index contributed by atoms with van der Waals surface area (Å²) >= 11 is 0. The van der Waals surface area contributed by atoms with Gasteiger partial charge in [-0.2, -0.15) is 0 Å². The van der Waals surface area contributed by atoms with Crippen LogP contribution in [0.4, 0.5) is 0 Å². The van der Waals surface area contributed by atoms with Gasteiger partial charge in [0.05, 0.1) is 12.3 Å². The van der Waals surface area contributed by atoms with Gasteiger partial charge in [-0.25, -0.2) is 0 Å². The SMILES string of the molecule is C/C(=C\C[P+](c1ccccc1)(c1ccccc1)c1ccccc1)C(C)O[Si](C)(C)C(C)(C)C. The molecular weight excluding hydrogens is 435 g/mol. The third kappa shape index (κ3) is 5.75. The maximum Gasteiger partial charge on any atom is 0.192 e. The molecule has 0 spiro atoms. The van der Waals surface area contributed by atoms with Gasteiger partial charge in [0.25, 0.3) is 0 Å². The van der Waals surface area contributed by atoms with Gasteiger partial charge in [-0.05, 0) is 80.0 Å². The van der Waals surface area contributed by atoms with Gasteiger partial charge in [-0.15, -0.1) is 0 Å². The Bertz CT molecular complexity index is 940. The molecule has 33 heavy (non-hydrogen) atoms. The third-order valence-corrected chi connectivity index (χ3v) is 16.0. The molecule has 3 aromatic carbocycles. The van der Waals surface area contributed by atoms with E-state index in [1.807, 2.05) is 0 Å². The molecule has 3 rings (SSSR count). The smallest absolute Gasteiger partial charge is 0.192 e. The lowest BCUT2D eigenvalue weighted by Gasteiger charge is -2.38. The van der Waals surface area contributed by atoms with Gasteiger partial charge in [0.1, 0.15) is 23.2 Å². The first kappa shape index (κ1) is 25.6. The molecule has 1 unspecified atom stereocenters. The van der Waals surface area contributed by atoms with E-state index in [-0.39, 0.29) is 11.1 Å². The minimum atomic E-state index is -1.85. The summed E-state index contributed by atoms with van der Waals surface area (Å²) in [6.45, 7) is 16.1. The lowest BCUT2D eigenvalue weighted by atomic mass is 10.2. The molecule has 0 aliphatic rings. The molecule has 1 atom stereocenters. The average molecular weight is 476 g/mol. The van der Waals surface area contributed by atoms with Gasteiger partial charge in [0.2, 0.25) is 0 Å². The van der Waals surface area contributed by atoms with E-state index in [4.69, 9.17) is 4.43 Å². The van der Waals surface area contributed by atoms with E-state index in [0.29, 0.717) is 0 Å². The Labute approximate surface area is 203 Å². The minimum absolute atomic E-state index is 0.120. The number of rotatable bonds is 8. The van der Waals surface area contributed by atoms with Crippen molar-refractivity contribution in [2.75, 3.05) is 6.16 Å². The van der Waals surface area contributed by atoms with Gasteiger partial charge in [-0.1, -0.05) is 75.4 Å². The zero-order valence-electron chi connectivity index (χ0n) is 21.4. The van der Waals surface area contributed by atoms with Gasteiger partial charge < -0.3 is 4.43 Å². The largest absolute Gasteiger partial charge is 0.411 e. The van der Waals surface area contributed by atoms with Crippen LogP contribution in [0.2, 0.25) is 18.1 Å². The van der Waals surface area contributed by atoms with Crippen molar-refractivity contribution in [3.8, 4) is 0 Å². The Balaban J connectivity index is 2.08. The summed E-state index contributed by atoms with van der Waals surface area (Å²) in [6.07, 6.45) is 3.57. The molecular formula is C30H40OPSi+. The van der Waals surface area contributed by atoms with E-state index in [9.17, 15) is 0 Å². The van der Waals surface area contributed by atoms with Crippen molar-refractivity contribution in [1.29, 1.82) is 0 Å². The van der Waals surface area contributed by atoms with Crippen LogP contribution in [-0.2, 0) is 4.43 Å². The first-order chi connectivity index (χ1) is 15.6. The predicted octanol–water partition coefficient (Wildman–Crippen LogP) is 7.34. The van der Waals surface area contributed by atoms with E-state index in [1.54, 1.807) is 0 Å². The molecule has 0 aromatic heterocycles. The van der Waals surface area contributed by atoms with Crippen molar-refractivity contribution in [3.63, 3.8) is 0 Å². The minimum Gasteiger partial charge on any atom is -0.411 e. The van der Waals surface area contributed by atoms with Crippen molar-refractivity contribution >= 4 is 31.5 Å². The second kappa shape index (κ2) is 10.5. The molecule has 0 amide bonds. The molecule has 0 radical (unpaired) electrons. The topological polar surface area (TPSA) is 9.23 Å². The zero-order valence-corrected chi connectivity index (χ0v) is 23.3. The van der Waals surface area contributed by atoms with Crippen LogP contribution in [0.15, 0.2) is 103 Å². The number of benzene rings is 3. The quantitative estimate of drug-likeness (QED) is 0.188. The molecule has 0 bridgehead atoms. The molecule has 0 aliphatic carbocycles. The van der Waals surface area contributed by atoms with Gasteiger partial charge in [-0.3, -0.25) is 0 Å². The summed E-state index contributed by atoms with van der Waals surface area (Å²) < 4.78 is 6.73. The zero-order chi connectivity index (χ0) is 24.1. The highest BCUT2D eigenvalue weighted by Crippen LogP contribution is 2.55. The number of hydrogen-bond acceptors (Lipinski definition) is 1. The second-order valence-corrected chi connectivity index (χ2v) is 18.8. The third-order valence-electron chi connectivity index (χ3n) is 7.20. The maximum absolute atomic E-state index is 6.73. The lowest BCUT2D eigenvalue weighted by Crippen LogP contribution is -2.43. The van der Waals surface area contributed by atoms with E-state index >= 15 is 0 Å². The number of allylic oxidation sites excluding steroid dienone is 1. The molecule has 0 aliphatic heterocycles. The van der Waals surface area contributed by atoms with Gasteiger partial charge in [0.15, 0.2) is 8.32 Å². The normalized spacial score (nSPS) is 14.2. The fourth-order valence-electron chi connectivity index (χ4n) is 3.97. The Kier molecular flexibility index (Phi) is 8.16. The van der Waals surface area contributed by atoms with Gasteiger partial charge in [0, 0.05) is 0 Å². The summed E-state index contributed by atoms with van der Waals surface area (Å²) in [5, 5.41) is 4.47. The highest BCUT2D eigenvalue weighted by atomic mass is 31.2. The molecule has 0 heterocycles. The standard InChI is InChI=1S/C30H40OPSi/c1-25(26(2)31-33(6,7)30(3,4)5)23-24-32(27-17-11-8-12-18-27,28-19-13-9-14-20-28)29-21-15-10-16-22-29/h8-23,26H,24H2,1-7H3/q+1/b25-23+. The second-order valence-electron chi connectivity index (χ2n) is 10.5. The molecule has 1 nitrogen and oxygen atoms in total. The Morgan fingerprint density at radius 2 is 1.15 bits per heavy atom. The fraction of sp³-hybridized carbons (Fsp3) is 0.333. The average Bonchev–Trinajstić information content (AvgIpc) is 2.80. The van der Waals surface area contributed by atoms with Crippen molar-refractivity contribution in [2.24, 2.45) is 0 Å². The summed E-state index contributed by atoms with van der Waals surface area (Å²) in [6, 6.07) is 33.3. The van der Waals surface area contributed by atoms with Crippen molar-refractivity contribution in [1.82, 2.24) is 0 Å². The van der Waals surface area contributed by atoms with Crippen molar-refractivity contribution < 1.29 is 4.43 Å². The molecule has 174 valence electrons. The summed E-state index contributed by atoms with van der Waals surface area (Å²) in [7, 11) is -3.68. The van der Waals surface area contributed by atoms with E-state index in [1.165, 1.54) is 21.5 Å². The molecule has 0 saturated carbocycles. The van der Waals surface area contributed by atoms with Crippen molar-refractivity contribution in [3.05, 3.63) is 103 Å². The lowest BCUT2D eigenvalue weighted by molar-refractivity contribution is 0.232. The van der Waals surface area contributed by atoms with E-state index < -0.39 is 15.6 Å². The molecule has 0 saturated heterocycles. The van der Waals surface area contributed by atoms with Crippen LogP contribution < -0.4 is 15.9 Å². The van der Waals surface area contributed by atoms with Crippen molar-refractivity contribution in [2.45, 2.75) is 58.9 Å². The molecule has 3 heteroatoms. The van der Waals surface area contributed by atoms with Crippen LogP contribution in [0.5, 0.6) is 0 Å². The summed E-state index contributed by atoms with van der Waals surface area (Å²) in [5.74, 6) is 0. The van der Waals surface area contributed by atoms with Crippen LogP contribution in [0.3, 0.4) is 0 Å². The highest BCUT2D eigenvalue weighted by molar-refractivity contribution is 7.95. The molecule has 0 N–H and O–H groups in total. The van der Waals surface area contributed by atoms with Crippen LogP contribution in [0.1, 0.15) is 34.6 Å². The van der Waals surface area contributed by atoms with E-state index in [2.05, 4.69) is 145 Å². The predicted molar refractivity (Wildman–Crippen MR) is 152 cm³/mol. The first-order valence-corrected chi connectivity index (χ1v) is 16.9. The fourth-order valence-corrected chi connectivity index (χ4v) is 9.52. The summed E-state index contributed by atoms with van der Waals surface area (Å²) in [4.78, 5) is 0. The Morgan fingerprint density at radius 1 is 0.788 bits per heavy atom. The molecule has 3 aromatic rings. The van der Waals surface area contributed by atoms with Crippen LogP contribution in [0, 0.1) is 0 Å².